The lowest BCUT2D eigenvalue weighted by Crippen LogP contribution is -2.25. The topological polar surface area (TPSA) is 59.8 Å². The van der Waals surface area contributed by atoms with Gasteiger partial charge >= 0.3 is 0 Å². The van der Waals surface area contributed by atoms with Crippen LogP contribution in [0.25, 0.3) is 0 Å². The van der Waals surface area contributed by atoms with Gasteiger partial charge < -0.3 is 9.88 Å². The summed E-state index contributed by atoms with van der Waals surface area (Å²) in [6.07, 6.45) is 1.66. The molecule has 1 heterocycles. The number of halogens is 2. The number of amides is 1. The van der Waals surface area contributed by atoms with E-state index in [1.165, 1.54) is 0 Å². The summed E-state index contributed by atoms with van der Waals surface area (Å²) in [5, 5.41) is 10.7. The summed E-state index contributed by atoms with van der Waals surface area (Å²) >= 11 is 5.56. The Morgan fingerprint density at radius 3 is 3.05 bits per heavy atom. The molecule has 0 aliphatic carbocycles. The molecule has 0 saturated carbocycles. The number of carbonyl (C=O) groups is 1. The molecule has 0 bridgehead atoms. The molecule has 2 aromatic rings. The van der Waals surface area contributed by atoms with Crippen molar-refractivity contribution in [3.05, 3.63) is 44.0 Å². The maximum atomic E-state index is 12.1. The molecular formula is C12H12BrIN4O. The van der Waals surface area contributed by atoms with Crippen LogP contribution in [0.15, 0.2) is 29.0 Å². The van der Waals surface area contributed by atoms with E-state index < -0.39 is 0 Å². The first-order chi connectivity index (χ1) is 9.11. The van der Waals surface area contributed by atoms with Gasteiger partial charge in [0.2, 0.25) is 0 Å². The predicted molar refractivity (Wildman–Crippen MR) is 83.7 cm³/mol. The Morgan fingerprint density at radius 1 is 1.53 bits per heavy atom. The highest BCUT2D eigenvalue weighted by Crippen LogP contribution is 2.19. The van der Waals surface area contributed by atoms with E-state index in [1.807, 2.05) is 29.7 Å². The first kappa shape index (κ1) is 14.4. The fourth-order valence-electron chi connectivity index (χ4n) is 1.61. The predicted octanol–water partition coefficient (Wildman–Crippen LogP) is 2.60. The van der Waals surface area contributed by atoms with E-state index in [0.717, 1.165) is 20.4 Å². The van der Waals surface area contributed by atoms with Crippen LogP contribution in [-0.2, 0) is 13.1 Å². The monoisotopic (exact) mass is 434 g/mol. The third-order valence-corrected chi connectivity index (χ3v) is 3.98. The van der Waals surface area contributed by atoms with Crippen LogP contribution in [0.3, 0.4) is 0 Å². The maximum Gasteiger partial charge on any atom is 0.252 e. The quantitative estimate of drug-likeness (QED) is 0.752. The van der Waals surface area contributed by atoms with Crippen LogP contribution in [0.1, 0.15) is 23.1 Å². The molecular weight excluding hydrogens is 423 g/mol. The molecule has 2 rings (SSSR count). The Balaban J connectivity index is 2.07. The second kappa shape index (κ2) is 6.47. The second-order valence-corrected chi connectivity index (χ2v) is 5.94. The van der Waals surface area contributed by atoms with E-state index in [1.54, 1.807) is 6.33 Å². The van der Waals surface area contributed by atoms with Crippen LogP contribution in [0, 0.1) is 3.57 Å². The average Bonchev–Trinajstić information content (AvgIpc) is 2.86. The van der Waals surface area contributed by atoms with E-state index in [0.29, 0.717) is 12.1 Å². The minimum Gasteiger partial charge on any atom is -0.345 e. The first-order valence-electron chi connectivity index (χ1n) is 5.71. The SMILES string of the molecule is CCn1cnnc1CNC(=O)c1cc(I)ccc1Br. The molecule has 0 saturated heterocycles. The van der Waals surface area contributed by atoms with Crippen molar-refractivity contribution in [3.63, 3.8) is 0 Å². The third-order valence-electron chi connectivity index (χ3n) is 2.62. The number of carbonyl (C=O) groups excluding carboxylic acids is 1. The lowest BCUT2D eigenvalue weighted by Gasteiger charge is -2.07. The average molecular weight is 435 g/mol. The molecule has 1 aromatic carbocycles. The van der Waals surface area contributed by atoms with Gasteiger partial charge in [0, 0.05) is 14.6 Å². The van der Waals surface area contributed by atoms with Crippen LogP contribution in [0.4, 0.5) is 0 Å². The van der Waals surface area contributed by atoms with Gasteiger partial charge in [-0.3, -0.25) is 4.79 Å². The molecule has 7 heteroatoms. The zero-order valence-corrected chi connectivity index (χ0v) is 14.0. The smallest absolute Gasteiger partial charge is 0.252 e. The summed E-state index contributed by atoms with van der Waals surface area (Å²) in [4.78, 5) is 12.1. The lowest BCUT2D eigenvalue weighted by atomic mass is 10.2. The fourth-order valence-corrected chi connectivity index (χ4v) is 2.52. The van der Waals surface area contributed by atoms with E-state index >= 15 is 0 Å². The molecule has 0 radical (unpaired) electrons. The number of hydrogen-bond donors (Lipinski definition) is 1. The molecule has 100 valence electrons. The molecule has 1 N–H and O–H groups in total. The van der Waals surface area contributed by atoms with Gasteiger partial charge in [0.25, 0.3) is 5.91 Å². The lowest BCUT2D eigenvalue weighted by molar-refractivity contribution is 0.0948. The normalized spacial score (nSPS) is 10.5. The van der Waals surface area contributed by atoms with Gasteiger partial charge in [-0.25, -0.2) is 0 Å². The Kier molecular flexibility index (Phi) is 4.92. The maximum absolute atomic E-state index is 12.1. The van der Waals surface area contributed by atoms with Crippen molar-refractivity contribution in [2.75, 3.05) is 0 Å². The molecule has 0 aliphatic rings. The third kappa shape index (κ3) is 3.53. The molecule has 1 aromatic heterocycles. The number of hydrogen-bond acceptors (Lipinski definition) is 3. The molecule has 1 amide bonds. The largest absolute Gasteiger partial charge is 0.345 e. The van der Waals surface area contributed by atoms with E-state index in [4.69, 9.17) is 0 Å². The molecule has 19 heavy (non-hydrogen) atoms. The van der Waals surface area contributed by atoms with E-state index in [-0.39, 0.29) is 5.91 Å². The minimum atomic E-state index is -0.129. The van der Waals surface area contributed by atoms with Crippen molar-refractivity contribution in [2.24, 2.45) is 0 Å². The van der Waals surface area contributed by atoms with Crippen molar-refractivity contribution in [3.8, 4) is 0 Å². The van der Waals surface area contributed by atoms with Crippen molar-refractivity contribution >= 4 is 44.4 Å². The summed E-state index contributed by atoms with van der Waals surface area (Å²) < 4.78 is 3.69. The van der Waals surface area contributed by atoms with Gasteiger partial charge in [-0.2, -0.15) is 0 Å². The van der Waals surface area contributed by atoms with E-state index in [9.17, 15) is 4.79 Å². The molecule has 0 fully saturated rings. The number of aryl methyl sites for hydroxylation is 1. The van der Waals surface area contributed by atoms with Gasteiger partial charge in [-0.1, -0.05) is 0 Å². The molecule has 0 spiro atoms. The summed E-state index contributed by atoms with van der Waals surface area (Å²) in [6.45, 7) is 3.15. The number of rotatable bonds is 4. The molecule has 0 atom stereocenters. The molecule has 0 unspecified atom stereocenters. The number of benzene rings is 1. The minimum absolute atomic E-state index is 0.129. The van der Waals surface area contributed by atoms with Gasteiger partial charge in [0.15, 0.2) is 5.82 Å². The highest BCUT2D eigenvalue weighted by atomic mass is 127. The van der Waals surface area contributed by atoms with Gasteiger partial charge in [0.05, 0.1) is 12.1 Å². The Hall–Kier alpha value is -0.960. The Bertz CT molecular complexity index is 599. The van der Waals surface area contributed by atoms with Gasteiger partial charge in [-0.05, 0) is 63.6 Å². The summed E-state index contributed by atoms with van der Waals surface area (Å²) in [5.74, 6) is 0.619. The Morgan fingerprint density at radius 2 is 2.32 bits per heavy atom. The zero-order chi connectivity index (χ0) is 13.8. The number of aromatic nitrogens is 3. The van der Waals surface area contributed by atoms with Gasteiger partial charge in [-0.15, -0.1) is 10.2 Å². The summed E-state index contributed by atoms with van der Waals surface area (Å²) in [6, 6.07) is 5.64. The van der Waals surface area contributed by atoms with Crippen molar-refractivity contribution < 1.29 is 4.79 Å². The van der Waals surface area contributed by atoms with Crippen LogP contribution in [-0.4, -0.2) is 20.7 Å². The standard InChI is InChI=1S/C12H12BrIN4O/c1-2-18-7-16-17-11(18)6-15-12(19)9-5-8(14)3-4-10(9)13/h3-5,7H,2,6H2,1H3,(H,15,19). The molecule has 5 nitrogen and oxygen atoms in total. The number of nitrogens with one attached hydrogen (secondary N) is 1. The Labute approximate surface area is 133 Å². The number of nitrogens with zero attached hydrogens (tertiary/aromatic N) is 3. The van der Waals surface area contributed by atoms with Crippen LogP contribution in [0.2, 0.25) is 0 Å². The van der Waals surface area contributed by atoms with Crippen LogP contribution >= 0.6 is 38.5 Å². The van der Waals surface area contributed by atoms with Crippen LogP contribution < -0.4 is 5.32 Å². The second-order valence-electron chi connectivity index (χ2n) is 3.84. The highest BCUT2D eigenvalue weighted by molar-refractivity contribution is 14.1. The molecule has 0 aliphatic heterocycles. The zero-order valence-electron chi connectivity index (χ0n) is 10.2. The highest BCUT2D eigenvalue weighted by Gasteiger charge is 2.11. The van der Waals surface area contributed by atoms with Crippen LogP contribution in [0.5, 0.6) is 0 Å². The van der Waals surface area contributed by atoms with E-state index in [2.05, 4.69) is 54.0 Å². The fraction of sp³-hybridized carbons (Fsp3) is 0.250. The van der Waals surface area contributed by atoms with Gasteiger partial charge in [0.1, 0.15) is 6.33 Å². The van der Waals surface area contributed by atoms with Crippen molar-refractivity contribution in [2.45, 2.75) is 20.0 Å². The summed E-state index contributed by atoms with van der Waals surface area (Å²) in [5.41, 5.74) is 0.620. The first-order valence-corrected chi connectivity index (χ1v) is 7.59. The summed E-state index contributed by atoms with van der Waals surface area (Å²) in [7, 11) is 0. The van der Waals surface area contributed by atoms with Crippen molar-refractivity contribution in [1.82, 2.24) is 20.1 Å². The van der Waals surface area contributed by atoms with Crippen molar-refractivity contribution in [1.29, 1.82) is 0 Å².